The zero-order valence-corrected chi connectivity index (χ0v) is 13.4. The number of nitrogens with zero attached hydrogens (tertiary/aromatic N) is 3. The second-order valence-electron chi connectivity index (χ2n) is 4.81. The highest BCUT2D eigenvalue weighted by atomic mass is 32.1. The Morgan fingerprint density at radius 3 is 2.96 bits per heavy atom. The van der Waals surface area contributed by atoms with Crippen molar-refractivity contribution in [3.05, 3.63) is 57.2 Å². The Balaban J connectivity index is 1.59. The molecule has 3 rings (SSSR count). The molecule has 0 N–H and O–H groups in total. The number of aromatic nitrogens is 3. The number of ether oxygens (including phenoxy) is 2. The Morgan fingerprint density at radius 1 is 1.38 bits per heavy atom. The van der Waals surface area contributed by atoms with E-state index in [9.17, 15) is 14.0 Å². The number of halogens is 1. The van der Waals surface area contributed by atoms with E-state index in [1.807, 2.05) is 0 Å². The van der Waals surface area contributed by atoms with Crippen LogP contribution in [0.15, 0.2) is 35.1 Å². The molecule has 2 aromatic heterocycles. The molecule has 0 unspecified atom stereocenters. The highest BCUT2D eigenvalue weighted by Gasteiger charge is 2.11. The lowest BCUT2D eigenvalue weighted by Gasteiger charge is -2.06. The van der Waals surface area contributed by atoms with Crippen molar-refractivity contribution in [2.75, 3.05) is 6.61 Å². The van der Waals surface area contributed by atoms with Crippen LogP contribution in [0.4, 0.5) is 4.39 Å². The maximum atomic E-state index is 13.4. The second-order valence-corrected chi connectivity index (χ2v) is 5.85. The predicted molar refractivity (Wildman–Crippen MR) is 83.6 cm³/mol. The van der Waals surface area contributed by atoms with E-state index in [-0.39, 0.29) is 17.9 Å². The Bertz CT molecular complexity index is 953. The number of benzene rings is 1. The maximum Gasteiger partial charge on any atom is 0.344 e. The summed E-state index contributed by atoms with van der Waals surface area (Å²) >= 11 is 1.15. The van der Waals surface area contributed by atoms with Crippen LogP contribution < -0.4 is 10.3 Å². The van der Waals surface area contributed by atoms with Crippen LogP contribution in [0.25, 0.3) is 4.96 Å². The molecular weight excluding hydrogens is 337 g/mol. The van der Waals surface area contributed by atoms with E-state index >= 15 is 0 Å². The highest BCUT2D eigenvalue weighted by molar-refractivity contribution is 7.16. The van der Waals surface area contributed by atoms with Crippen LogP contribution in [0, 0.1) is 12.7 Å². The first-order valence-corrected chi connectivity index (χ1v) is 7.74. The van der Waals surface area contributed by atoms with Crippen LogP contribution in [0.1, 0.15) is 10.7 Å². The number of rotatable bonds is 5. The summed E-state index contributed by atoms with van der Waals surface area (Å²) in [5.41, 5.74) is 0.291. The molecule has 0 aliphatic heterocycles. The second kappa shape index (κ2) is 6.75. The lowest BCUT2D eigenvalue weighted by atomic mass is 10.3. The van der Waals surface area contributed by atoms with Crippen LogP contribution in [0.2, 0.25) is 0 Å². The summed E-state index contributed by atoms with van der Waals surface area (Å²) in [5.74, 6) is -1.26. The van der Waals surface area contributed by atoms with E-state index in [4.69, 9.17) is 9.47 Å². The third-order valence-electron chi connectivity index (χ3n) is 2.95. The number of aryl methyl sites for hydroxylation is 1. The Labute approximate surface area is 139 Å². The summed E-state index contributed by atoms with van der Waals surface area (Å²) in [6.07, 6.45) is 0. The first kappa shape index (κ1) is 16.1. The number of fused-ring (bicyclic) bond motifs is 1. The van der Waals surface area contributed by atoms with Crippen LogP contribution in [-0.2, 0) is 16.1 Å². The molecule has 0 aliphatic carbocycles. The summed E-state index contributed by atoms with van der Waals surface area (Å²) in [6, 6.07) is 7.12. The standard InChI is InChI=1S/C15H12FN3O4S/c1-9-6-13(20)19-15(17-9)24-12(18-19)7-23-14(21)8-22-11-5-3-2-4-10(11)16/h2-6H,7-8H2,1H3. The molecule has 0 radical (unpaired) electrons. The molecule has 0 aliphatic rings. The smallest absolute Gasteiger partial charge is 0.344 e. The molecule has 7 nitrogen and oxygen atoms in total. The van der Waals surface area contributed by atoms with Crippen molar-refractivity contribution in [1.82, 2.24) is 14.6 Å². The van der Waals surface area contributed by atoms with E-state index in [1.54, 1.807) is 13.0 Å². The van der Waals surface area contributed by atoms with Crippen molar-refractivity contribution in [2.45, 2.75) is 13.5 Å². The van der Waals surface area contributed by atoms with Crippen LogP contribution >= 0.6 is 11.3 Å². The molecule has 0 saturated heterocycles. The van der Waals surface area contributed by atoms with Crippen molar-refractivity contribution in [3.8, 4) is 5.75 Å². The fourth-order valence-corrected chi connectivity index (χ4v) is 2.76. The average Bonchev–Trinajstić information content (AvgIpc) is 2.95. The van der Waals surface area contributed by atoms with Crippen molar-refractivity contribution in [3.63, 3.8) is 0 Å². The van der Waals surface area contributed by atoms with Crippen molar-refractivity contribution >= 4 is 22.3 Å². The van der Waals surface area contributed by atoms with Gasteiger partial charge in [-0.15, -0.1) is 0 Å². The molecule has 0 atom stereocenters. The van der Waals surface area contributed by atoms with Gasteiger partial charge in [0.25, 0.3) is 5.56 Å². The number of esters is 1. The van der Waals surface area contributed by atoms with Gasteiger partial charge in [-0.2, -0.15) is 9.61 Å². The number of hydrogen-bond donors (Lipinski definition) is 0. The zero-order chi connectivity index (χ0) is 17.1. The van der Waals surface area contributed by atoms with Gasteiger partial charge in [0.2, 0.25) is 4.96 Å². The minimum atomic E-state index is -0.672. The first-order chi connectivity index (χ1) is 11.5. The summed E-state index contributed by atoms with van der Waals surface area (Å²) in [5, 5.41) is 4.46. The average molecular weight is 349 g/mol. The number of hydrogen-bond acceptors (Lipinski definition) is 7. The van der Waals surface area contributed by atoms with Crippen LogP contribution in [0.3, 0.4) is 0 Å². The van der Waals surface area contributed by atoms with E-state index in [0.717, 1.165) is 15.9 Å². The molecule has 0 bridgehead atoms. The molecule has 2 heterocycles. The topological polar surface area (TPSA) is 82.8 Å². The van der Waals surface area contributed by atoms with E-state index < -0.39 is 18.4 Å². The molecule has 1 aromatic carbocycles. The largest absolute Gasteiger partial charge is 0.479 e. The lowest BCUT2D eigenvalue weighted by Crippen LogP contribution is -2.16. The molecule has 24 heavy (non-hydrogen) atoms. The summed E-state index contributed by atoms with van der Waals surface area (Å²) in [6.45, 7) is 1.16. The monoisotopic (exact) mass is 349 g/mol. The van der Waals surface area contributed by atoms with Gasteiger partial charge >= 0.3 is 5.97 Å². The summed E-state index contributed by atoms with van der Waals surface area (Å²) in [7, 11) is 0. The van der Waals surface area contributed by atoms with Crippen LogP contribution in [0.5, 0.6) is 5.75 Å². The first-order valence-electron chi connectivity index (χ1n) is 6.92. The van der Waals surface area contributed by atoms with Gasteiger partial charge in [0.1, 0.15) is 6.61 Å². The van der Waals surface area contributed by atoms with Crippen molar-refractivity contribution in [1.29, 1.82) is 0 Å². The number of carbonyl (C=O) groups excluding carboxylic acids is 1. The van der Waals surface area contributed by atoms with E-state index in [1.165, 1.54) is 24.3 Å². The zero-order valence-electron chi connectivity index (χ0n) is 12.6. The quantitative estimate of drug-likeness (QED) is 0.652. The molecule has 0 saturated carbocycles. The van der Waals surface area contributed by atoms with Gasteiger partial charge in [-0.3, -0.25) is 4.79 Å². The maximum absolute atomic E-state index is 13.4. The fourth-order valence-electron chi connectivity index (χ4n) is 1.90. The van der Waals surface area contributed by atoms with Crippen molar-refractivity contribution in [2.24, 2.45) is 0 Å². The third kappa shape index (κ3) is 3.57. The summed E-state index contributed by atoms with van der Waals surface area (Å²) in [4.78, 5) is 28.0. The van der Waals surface area contributed by atoms with Gasteiger partial charge in [0.05, 0.1) is 0 Å². The minimum absolute atomic E-state index is 0.0272. The molecule has 0 amide bonds. The fraction of sp³-hybridized carbons (Fsp3) is 0.200. The van der Waals surface area contributed by atoms with Gasteiger partial charge < -0.3 is 9.47 Å². The van der Waals surface area contributed by atoms with Gasteiger partial charge in [-0.1, -0.05) is 23.5 Å². The number of carbonyl (C=O) groups is 1. The normalized spacial score (nSPS) is 10.8. The van der Waals surface area contributed by atoms with Gasteiger partial charge in [0, 0.05) is 11.8 Å². The highest BCUT2D eigenvalue weighted by Crippen LogP contribution is 2.16. The van der Waals surface area contributed by atoms with Gasteiger partial charge in [0.15, 0.2) is 23.2 Å². The third-order valence-corrected chi connectivity index (χ3v) is 3.84. The Morgan fingerprint density at radius 2 is 2.17 bits per heavy atom. The molecule has 0 spiro atoms. The SMILES string of the molecule is Cc1cc(=O)n2nc(COC(=O)COc3ccccc3F)sc2n1. The Hall–Kier alpha value is -2.81. The van der Waals surface area contributed by atoms with Gasteiger partial charge in [-0.05, 0) is 19.1 Å². The summed E-state index contributed by atoms with van der Waals surface area (Å²) < 4.78 is 24.6. The van der Waals surface area contributed by atoms with Crippen molar-refractivity contribution < 1.29 is 18.7 Å². The Kier molecular flexibility index (Phi) is 4.52. The van der Waals surface area contributed by atoms with E-state index in [2.05, 4.69) is 10.1 Å². The van der Waals surface area contributed by atoms with Gasteiger partial charge in [-0.25, -0.2) is 14.2 Å². The minimum Gasteiger partial charge on any atom is -0.479 e. The number of para-hydroxylation sites is 1. The lowest BCUT2D eigenvalue weighted by molar-refractivity contribution is -0.147. The molecule has 0 fully saturated rings. The molecule has 9 heteroatoms. The van der Waals surface area contributed by atoms with Crippen LogP contribution in [-0.4, -0.2) is 27.2 Å². The molecule has 3 aromatic rings. The van der Waals surface area contributed by atoms with E-state index in [0.29, 0.717) is 15.7 Å². The predicted octanol–water partition coefficient (Wildman–Crippen LogP) is 1.72. The molecular formula is C15H12FN3O4S. The molecule has 124 valence electrons.